The van der Waals surface area contributed by atoms with Crippen molar-refractivity contribution in [2.75, 3.05) is 19.7 Å². The highest BCUT2D eigenvalue weighted by atomic mass is 35.5. The van der Waals surface area contributed by atoms with E-state index < -0.39 is 0 Å². The molecule has 0 saturated carbocycles. The van der Waals surface area contributed by atoms with Gasteiger partial charge in [-0.3, -0.25) is 4.79 Å². The van der Waals surface area contributed by atoms with Gasteiger partial charge in [-0.25, -0.2) is 0 Å². The van der Waals surface area contributed by atoms with E-state index in [1.165, 1.54) is 6.07 Å². The van der Waals surface area contributed by atoms with Gasteiger partial charge in [0.2, 0.25) is 0 Å². The van der Waals surface area contributed by atoms with E-state index >= 15 is 0 Å². The van der Waals surface area contributed by atoms with Crippen LogP contribution in [0, 0.1) is 0 Å². The number of hydrogen-bond acceptors (Lipinski definition) is 3. The number of aliphatic hydroxyl groups excluding tert-OH is 1. The Morgan fingerprint density at radius 3 is 2.67 bits per heavy atom. The molecule has 0 aliphatic carbocycles. The fourth-order valence-corrected chi connectivity index (χ4v) is 1.35. The maximum absolute atomic E-state index is 11.5. The molecule has 0 radical (unpaired) electrons. The van der Waals surface area contributed by atoms with Gasteiger partial charge in [0.15, 0.2) is 5.78 Å². The number of aliphatic hydroxyl groups is 1. The lowest BCUT2D eigenvalue weighted by Gasteiger charge is -2.03. The van der Waals surface area contributed by atoms with Gasteiger partial charge in [-0.2, -0.15) is 0 Å². The third-order valence-corrected chi connectivity index (χ3v) is 2.55. The van der Waals surface area contributed by atoms with Crippen LogP contribution >= 0.6 is 23.2 Å². The third kappa shape index (κ3) is 3.80. The SMILES string of the molecule is O=C(CNCCO)c1ccc(Cl)c(Cl)c1. The van der Waals surface area contributed by atoms with Crippen molar-refractivity contribution in [2.45, 2.75) is 0 Å². The zero-order valence-electron chi connectivity index (χ0n) is 7.96. The van der Waals surface area contributed by atoms with Crippen LogP contribution in [0.2, 0.25) is 10.0 Å². The van der Waals surface area contributed by atoms with Crippen LogP contribution in [0.1, 0.15) is 10.4 Å². The summed E-state index contributed by atoms with van der Waals surface area (Å²) in [5.41, 5.74) is 0.509. The fourth-order valence-electron chi connectivity index (χ4n) is 1.05. The van der Waals surface area contributed by atoms with Crippen molar-refractivity contribution in [3.63, 3.8) is 0 Å². The monoisotopic (exact) mass is 247 g/mol. The second-order valence-corrected chi connectivity index (χ2v) is 3.77. The smallest absolute Gasteiger partial charge is 0.176 e. The lowest BCUT2D eigenvalue weighted by molar-refractivity contribution is 0.0989. The molecular formula is C10H11Cl2NO2. The van der Waals surface area contributed by atoms with E-state index in [0.29, 0.717) is 22.2 Å². The minimum absolute atomic E-state index is 0.00859. The Kier molecular flexibility index (Phi) is 5.05. The first-order valence-corrected chi connectivity index (χ1v) is 5.20. The molecule has 0 amide bonds. The Balaban J connectivity index is 2.62. The molecule has 0 aliphatic heterocycles. The molecule has 1 aromatic rings. The van der Waals surface area contributed by atoms with Crippen molar-refractivity contribution in [1.82, 2.24) is 5.32 Å². The van der Waals surface area contributed by atoms with Crippen LogP contribution in [0.4, 0.5) is 0 Å². The Morgan fingerprint density at radius 1 is 1.33 bits per heavy atom. The maximum Gasteiger partial charge on any atom is 0.176 e. The van der Waals surface area contributed by atoms with E-state index in [1.54, 1.807) is 12.1 Å². The number of carbonyl (C=O) groups excluding carboxylic acids is 1. The minimum Gasteiger partial charge on any atom is -0.395 e. The fraction of sp³-hybridized carbons (Fsp3) is 0.300. The number of Topliss-reactive ketones (excluding diaryl/α,β-unsaturated/α-hetero) is 1. The molecule has 3 nitrogen and oxygen atoms in total. The molecule has 82 valence electrons. The van der Waals surface area contributed by atoms with Gasteiger partial charge in [-0.05, 0) is 18.2 Å². The second kappa shape index (κ2) is 6.08. The predicted molar refractivity (Wildman–Crippen MR) is 60.7 cm³/mol. The van der Waals surface area contributed by atoms with Gasteiger partial charge in [-0.1, -0.05) is 23.2 Å². The highest BCUT2D eigenvalue weighted by molar-refractivity contribution is 6.42. The predicted octanol–water partition coefficient (Wildman–Crippen LogP) is 1.76. The van der Waals surface area contributed by atoms with Gasteiger partial charge in [0.25, 0.3) is 0 Å². The summed E-state index contributed by atoms with van der Waals surface area (Å²) >= 11 is 11.5. The molecule has 0 aromatic heterocycles. The molecule has 15 heavy (non-hydrogen) atoms. The summed E-state index contributed by atoms with van der Waals surface area (Å²) < 4.78 is 0. The lowest BCUT2D eigenvalue weighted by atomic mass is 10.1. The first kappa shape index (κ1) is 12.5. The standard InChI is InChI=1S/C10H11Cl2NO2/c11-8-2-1-7(5-9(8)12)10(15)6-13-3-4-14/h1-2,5,13-14H,3-4,6H2. The molecule has 0 unspecified atom stereocenters. The highest BCUT2D eigenvalue weighted by Gasteiger charge is 2.07. The molecule has 0 spiro atoms. The molecular weight excluding hydrogens is 237 g/mol. The van der Waals surface area contributed by atoms with Crippen molar-refractivity contribution in [3.8, 4) is 0 Å². The number of rotatable bonds is 5. The van der Waals surface area contributed by atoms with E-state index in [1.807, 2.05) is 0 Å². The van der Waals surface area contributed by atoms with Crippen molar-refractivity contribution in [2.24, 2.45) is 0 Å². The van der Waals surface area contributed by atoms with Gasteiger partial charge < -0.3 is 10.4 Å². The van der Waals surface area contributed by atoms with E-state index in [9.17, 15) is 4.79 Å². The summed E-state index contributed by atoms with van der Waals surface area (Å²) in [5.74, 6) is -0.0815. The zero-order chi connectivity index (χ0) is 11.3. The van der Waals surface area contributed by atoms with Crippen molar-refractivity contribution < 1.29 is 9.90 Å². The molecule has 0 saturated heterocycles. The molecule has 0 aliphatic rings. The van der Waals surface area contributed by atoms with Crippen molar-refractivity contribution in [3.05, 3.63) is 33.8 Å². The van der Waals surface area contributed by atoms with Gasteiger partial charge in [0.05, 0.1) is 23.2 Å². The molecule has 1 aromatic carbocycles. The van der Waals surface area contributed by atoms with Crippen LogP contribution in [0.5, 0.6) is 0 Å². The molecule has 1 rings (SSSR count). The molecule has 0 atom stereocenters. The van der Waals surface area contributed by atoms with E-state index in [2.05, 4.69) is 5.32 Å². The molecule has 0 fully saturated rings. The van der Waals surface area contributed by atoms with Crippen LogP contribution in [0.25, 0.3) is 0 Å². The normalized spacial score (nSPS) is 10.3. The summed E-state index contributed by atoms with van der Waals surface area (Å²) in [5, 5.41) is 12.1. The van der Waals surface area contributed by atoms with Crippen LogP contribution in [-0.4, -0.2) is 30.6 Å². The Morgan fingerprint density at radius 2 is 2.07 bits per heavy atom. The van der Waals surface area contributed by atoms with Crippen molar-refractivity contribution in [1.29, 1.82) is 0 Å². The summed E-state index contributed by atoms with van der Waals surface area (Å²) in [7, 11) is 0. The van der Waals surface area contributed by atoms with Crippen LogP contribution < -0.4 is 5.32 Å². The highest BCUT2D eigenvalue weighted by Crippen LogP contribution is 2.22. The van der Waals surface area contributed by atoms with Crippen LogP contribution in [-0.2, 0) is 0 Å². The molecule has 0 bridgehead atoms. The van der Waals surface area contributed by atoms with Crippen molar-refractivity contribution >= 4 is 29.0 Å². The second-order valence-electron chi connectivity index (χ2n) is 2.95. The summed E-state index contributed by atoms with van der Waals surface area (Å²) in [6.07, 6.45) is 0. The number of hydrogen-bond donors (Lipinski definition) is 2. The number of nitrogens with one attached hydrogen (secondary N) is 1. The minimum atomic E-state index is -0.0815. The van der Waals surface area contributed by atoms with Gasteiger partial charge >= 0.3 is 0 Å². The molecule has 0 heterocycles. The van der Waals surface area contributed by atoms with E-state index in [-0.39, 0.29) is 18.9 Å². The van der Waals surface area contributed by atoms with Gasteiger partial charge in [0, 0.05) is 12.1 Å². The van der Waals surface area contributed by atoms with Crippen LogP contribution in [0.15, 0.2) is 18.2 Å². The molecule has 2 N–H and O–H groups in total. The number of benzene rings is 1. The Labute approximate surface area is 98.0 Å². The first-order valence-electron chi connectivity index (χ1n) is 4.45. The molecule has 5 heteroatoms. The van der Waals surface area contributed by atoms with Gasteiger partial charge in [0.1, 0.15) is 0 Å². The summed E-state index contributed by atoms with van der Waals surface area (Å²) in [4.78, 5) is 11.5. The van der Waals surface area contributed by atoms with E-state index in [4.69, 9.17) is 28.3 Å². The third-order valence-electron chi connectivity index (χ3n) is 1.82. The quantitative estimate of drug-likeness (QED) is 0.616. The largest absolute Gasteiger partial charge is 0.395 e. The Bertz CT molecular complexity index is 355. The number of carbonyl (C=O) groups is 1. The maximum atomic E-state index is 11.5. The van der Waals surface area contributed by atoms with Crippen LogP contribution in [0.3, 0.4) is 0 Å². The summed E-state index contributed by atoms with van der Waals surface area (Å²) in [6.45, 7) is 0.584. The topological polar surface area (TPSA) is 49.3 Å². The van der Waals surface area contributed by atoms with Gasteiger partial charge in [-0.15, -0.1) is 0 Å². The summed E-state index contributed by atoms with van der Waals surface area (Å²) in [6, 6.07) is 4.74. The number of halogens is 2. The number of ketones is 1. The van der Waals surface area contributed by atoms with E-state index in [0.717, 1.165) is 0 Å². The first-order chi connectivity index (χ1) is 7.15. The Hall–Kier alpha value is -0.610. The zero-order valence-corrected chi connectivity index (χ0v) is 9.48. The average molecular weight is 248 g/mol. The average Bonchev–Trinajstić information content (AvgIpc) is 2.22. The lowest BCUT2D eigenvalue weighted by Crippen LogP contribution is -2.25.